The van der Waals surface area contributed by atoms with Crippen LogP contribution in [0.3, 0.4) is 0 Å². The van der Waals surface area contributed by atoms with Gasteiger partial charge in [-0.1, -0.05) is 68.2 Å². The second-order valence-electron chi connectivity index (χ2n) is 5.89. The first-order chi connectivity index (χ1) is 8.09. The zero-order chi connectivity index (χ0) is 12.0. The van der Waals surface area contributed by atoms with E-state index in [0.717, 1.165) is 0 Å². The van der Waals surface area contributed by atoms with Gasteiger partial charge in [0.1, 0.15) is 0 Å². The zero-order valence-electron chi connectivity index (χ0n) is 10.7. The van der Waals surface area contributed by atoms with Gasteiger partial charge in [0.15, 0.2) is 0 Å². The van der Waals surface area contributed by atoms with Crippen LogP contribution >= 0.6 is 0 Å². The maximum Gasteiger partial charge on any atom is 0.0788 e. The second-order valence-corrected chi connectivity index (χ2v) is 10.9. The summed E-state index contributed by atoms with van der Waals surface area (Å²) < 4.78 is 0. The number of hydrogen-bond acceptors (Lipinski definition) is 0. The van der Waals surface area contributed by atoms with E-state index in [0.29, 0.717) is 5.92 Å². The number of fused-ring (bicyclic) bond motifs is 3. The van der Waals surface area contributed by atoms with E-state index in [1.807, 2.05) is 0 Å². The molecule has 0 radical (unpaired) electrons. The highest BCUT2D eigenvalue weighted by molar-refractivity contribution is 6.94. The highest BCUT2D eigenvalue weighted by Gasteiger charge is 2.35. The van der Waals surface area contributed by atoms with E-state index in [1.165, 1.54) is 11.1 Å². The molecule has 1 heteroatoms. The fraction of sp³-hybridized carbons (Fsp3) is 0.250. The fourth-order valence-electron chi connectivity index (χ4n) is 3.04. The van der Waals surface area contributed by atoms with Crippen LogP contribution in [0.4, 0.5) is 0 Å². The van der Waals surface area contributed by atoms with E-state index < -0.39 is 8.07 Å². The van der Waals surface area contributed by atoms with Crippen LogP contribution in [-0.2, 0) is 0 Å². The van der Waals surface area contributed by atoms with Crippen LogP contribution in [0, 0.1) is 0 Å². The molecule has 0 aliphatic heterocycles. The summed E-state index contributed by atoms with van der Waals surface area (Å²) in [6, 6.07) is 8.92. The molecule has 0 nitrogen and oxygen atoms in total. The van der Waals surface area contributed by atoms with Crippen LogP contribution in [0.25, 0.3) is 5.20 Å². The smallest absolute Gasteiger partial charge is 0.0726 e. The van der Waals surface area contributed by atoms with Gasteiger partial charge in [0, 0.05) is 5.92 Å². The highest BCUT2D eigenvalue weighted by Crippen LogP contribution is 2.47. The zero-order valence-corrected chi connectivity index (χ0v) is 11.7. The highest BCUT2D eigenvalue weighted by atomic mass is 28.3. The standard InChI is InChI=1S/C16H18Si/c1-17(2,3)16-14-10-6-4-8-12(14)13-9-5-7-11-15(13)16/h4-12H,1-3H3. The topological polar surface area (TPSA) is 0 Å². The summed E-state index contributed by atoms with van der Waals surface area (Å²) in [6.45, 7) is 7.34. The lowest BCUT2D eigenvalue weighted by molar-refractivity contribution is 1.05. The molecule has 1 unspecified atom stereocenters. The molecule has 2 aliphatic rings. The first kappa shape index (κ1) is 10.8. The Balaban J connectivity index is 2.29. The third-order valence-corrected chi connectivity index (χ3v) is 5.69. The molecule has 1 aromatic rings. The Labute approximate surface area is 104 Å². The summed E-state index contributed by atoms with van der Waals surface area (Å²) in [5, 5.41) is 1.65. The second kappa shape index (κ2) is 3.57. The van der Waals surface area contributed by atoms with E-state index in [4.69, 9.17) is 0 Å². The van der Waals surface area contributed by atoms with E-state index in [9.17, 15) is 0 Å². The van der Waals surface area contributed by atoms with Crippen LogP contribution < -0.4 is 0 Å². The number of benzene rings is 1. The van der Waals surface area contributed by atoms with Gasteiger partial charge < -0.3 is 0 Å². The monoisotopic (exact) mass is 238 g/mol. The minimum atomic E-state index is -1.29. The predicted molar refractivity (Wildman–Crippen MR) is 77.7 cm³/mol. The lowest BCUT2D eigenvalue weighted by atomic mass is 9.93. The average molecular weight is 238 g/mol. The van der Waals surface area contributed by atoms with Gasteiger partial charge in [-0.3, -0.25) is 0 Å². The Hall–Kier alpha value is -1.34. The summed E-state index contributed by atoms with van der Waals surface area (Å²) in [5.74, 6) is 0.512. The third-order valence-electron chi connectivity index (χ3n) is 3.63. The normalized spacial score (nSPS) is 21.7. The van der Waals surface area contributed by atoms with Gasteiger partial charge in [-0.05, 0) is 21.9 Å². The molecule has 86 valence electrons. The molecule has 0 amide bonds. The Morgan fingerprint density at radius 2 is 1.76 bits per heavy atom. The van der Waals surface area contributed by atoms with Gasteiger partial charge in [0.05, 0.1) is 8.07 Å². The van der Waals surface area contributed by atoms with Gasteiger partial charge in [0.2, 0.25) is 0 Å². The van der Waals surface area contributed by atoms with Crippen molar-refractivity contribution >= 4 is 13.3 Å². The predicted octanol–water partition coefficient (Wildman–Crippen LogP) is 4.54. The van der Waals surface area contributed by atoms with Gasteiger partial charge in [-0.25, -0.2) is 0 Å². The van der Waals surface area contributed by atoms with Crippen molar-refractivity contribution in [3.8, 4) is 0 Å². The Bertz CT molecular complexity index is 553. The van der Waals surface area contributed by atoms with Crippen molar-refractivity contribution in [3.63, 3.8) is 0 Å². The lowest BCUT2D eigenvalue weighted by Gasteiger charge is -2.21. The van der Waals surface area contributed by atoms with Gasteiger partial charge in [0.25, 0.3) is 0 Å². The number of allylic oxidation sites excluding steroid dienone is 5. The molecule has 3 rings (SSSR count). The van der Waals surface area contributed by atoms with Gasteiger partial charge >= 0.3 is 0 Å². The first-order valence-electron chi connectivity index (χ1n) is 6.28. The molecule has 0 spiro atoms. The summed E-state index contributed by atoms with van der Waals surface area (Å²) in [5.41, 5.74) is 4.55. The lowest BCUT2D eigenvalue weighted by Crippen LogP contribution is -2.23. The van der Waals surface area contributed by atoms with Crippen LogP contribution in [0.5, 0.6) is 0 Å². The minimum absolute atomic E-state index is 0.512. The average Bonchev–Trinajstić information content (AvgIpc) is 2.63. The maximum absolute atomic E-state index is 2.45. The van der Waals surface area contributed by atoms with Crippen LogP contribution in [-0.4, -0.2) is 8.07 Å². The molecule has 1 atom stereocenters. The van der Waals surface area contributed by atoms with Crippen molar-refractivity contribution in [2.24, 2.45) is 0 Å². The Morgan fingerprint density at radius 1 is 1.00 bits per heavy atom. The van der Waals surface area contributed by atoms with Crippen molar-refractivity contribution in [2.75, 3.05) is 0 Å². The summed E-state index contributed by atoms with van der Waals surface area (Å²) in [7, 11) is -1.29. The van der Waals surface area contributed by atoms with Gasteiger partial charge in [-0.2, -0.15) is 0 Å². The summed E-state index contributed by atoms with van der Waals surface area (Å²) in [4.78, 5) is 0. The quantitative estimate of drug-likeness (QED) is 0.630. The summed E-state index contributed by atoms with van der Waals surface area (Å²) >= 11 is 0. The number of rotatable bonds is 1. The third kappa shape index (κ3) is 1.57. The van der Waals surface area contributed by atoms with Crippen LogP contribution in [0.1, 0.15) is 17.0 Å². The first-order valence-corrected chi connectivity index (χ1v) is 9.78. The molecule has 2 aliphatic carbocycles. The molecule has 0 saturated carbocycles. The molecule has 17 heavy (non-hydrogen) atoms. The Kier molecular flexibility index (Phi) is 2.27. The van der Waals surface area contributed by atoms with Crippen LogP contribution in [0.15, 0.2) is 54.1 Å². The molecule has 0 heterocycles. The SMILES string of the molecule is C[Si](C)(C)C1=C2C=CC=CC2c2ccccc21. The van der Waals surface area contributed by atoms with E-state index in [1.54, 1.807) is 10.8 Å². The molecule has 0 N–H and O–H groups in total. The van der Waals surface area contributed by atoms with Crippen molar-refractivity contribution in [1.29, 1.82) is 0 Å². The maximum atomic E-state index is 2.45. The molecular formula is C16H18Si. The molecule has 0 fully saturated rings. The summed E-state index contributed by atoms with van der Waals surface area (Å²) in [6.07, 6.45) is 9.01. The van der Waals surface area contributed by atoms with Crippen LogP contribution in [0.2, 0.25) is 19.6 Å². The molecular weight excluding hydrogens is 220 g/mol. The fourth-order valence-corrected chi connectivity index (χ4v) is 5.18. The van der Waals surface area contributed by atoms with E-state index in [-0.39, 0.29) is 0 Å². The molecule has 0 bridgehead atoms. The van der Waals surface area contributed by atoms with Crippen molar-refractivity contribution in [1.82, 2.24) is 0 Å². The van der Waals surface area contributed by atoms with Crippen molar-refractivity contribution in [2.45, 2.75) is 25.6 Å². The largest absolute Gasteiger partial charge is 0.0788 e. The van der Waals surface area contributed by atoms with E-state index >= 15 is 0 Å². The molecule has 1 aromatic carbocycles. The van der Waals surface area contributed by atoms with Crippen molar-refractivity contribution < 1.29 is 0 Å². The van der Waals surface area contributed by atoms with Gasteiger partial charge in [-0.15, -0.1) is 0 Å². The minimum Gasteiger partial charge on any atom is -0.0726 e. The number of hydrogen-bond donors (Lipinski definition) is 0. The molecule has 0 saturated heterocycles. The van der Waals surface area contributed by atoms with Crippen molar-refractivity contribution in [3.05, 3.63) is 65.3 Å². The molecule has 0 aromatic heterocycles. The van der Waals surface area contributed by atoms with E-state index in [2.05, 4.69) is 68.2 Å². The Morgan fingerprint density at radius 3 is 2.53 bits per heavy atom.